The van der Waals surface area contributed by atoms with Gasteiger partial charge in [-0.2, -0.15) is 0 Å². The molecule has 4 aliphatic rings. The van der Waals surface area contributed by atoms with Gasteiger partial charge in [-0.05, 0) is 12.8 Å². The molecule has 0 aromatic carbocycles. The van der Waals surface area contributed by atoms with Gasteiger partial charge < -0.3 is 100 Å². The van der Waals surface area contributed by atoms with Crippen molar-refractivity contribution in [3.05, 3.63) is 0 Å². The van der Waals surface area contributed by atoms with Crippen LogP contribution in [0.5, 0.6) is 0 Å². The summed E-state index contributed by atoms with van der Waals surface area (Å²) in [6, 6.07) is -0.825. The maximum absolute atomic E-state index is 13.1. The summed E-state index contributed by atoms with van der Waals surface area (Å²) < 4.78 is 32.3. The second-order valence-corrected chi connectivity index (χ2v) is 18.1. The quantitative estimate of drug-likeness (QED) is 0.0207. The van der Waals surface area contributed by atoms with E-state index in [2.05, 4.69) is 21.3 Å². The van der Waals surface area contributed by atoms with Gasteiger partial charge in [0.2, 0.25) is 23.6 Å². The summed E-state index contributed by atoms with van der Waals surface area (Å²) in [5.41, 5.74) is 0. The summed E-state index contributed by atoms with van der Waals surface area (Å²) in [6.45, 7) is -4.53. The van der Waals surface area contributed by atoms with Crippen molar-refractivity contribution in [2.45, 2.75) is 132 Å². The number of rotatable bonds is 35. The zero-order chi connectivity index (χ0) is 57.3. The Labute approximate surface area is 445 Å². The van der Waals surface area contributed by atoms with Crippen LogP contribution >= 0.6 is 0 Å². The Hall–Kier alpha value is -5.50. The summed E-state index contributed by atoms with van der Waals surface area (Å²) in [6.07, 6.45) is -15.3. The van der Waals surface area contributed by atoms with Gasteiger partial charge in [-0.1, -0.05) is 6.42 Å². The predicted molar refractivity (Wildman–Crippen MR) is 251 cm³/mol. The molecule has 4 fully saturated rings. The molecule has 12 N–H and O–H groups in total. The second kappa shape index (κ2) is 33.8. The third kappa shape index (κ3) is 21.6. The van der Waals surface area contributed by atoms with Gasteiger partial charge in [0.05, 0.1) is 91.4 Å². The molecule has 33 heteroatoms. The fraction of sp³-hybridized carbons (Fsp3) is 0.778. The van der Waals surface area contributed by atoms with Crippen LogP contribution in [0.4, 0.5) is 0 Å². The van der Waals surface area contributed by atoms with Gasteiger partial charge in [-0.3, -0.25) is 43.3 Å². The van der Waals surface area contributed by atoms with E-state index in [4.69, 9.17) is 38.1 Å². The molecule has 0 radical (unpaired) electrons. The first kappa shape index (κ1) is 65.0. The molecular weight excluding hydrogens is 1050 g/mol. The van der Waals surface area contributed by atoms with Crippen LogP contribution in [0.15, 0.2) is 0 Å². The molecule has 442 valence electrons. The molecule has 0 aromatic heterocycles. The first-order valence-corrected chi connectivity index (χ1v) is 25.2. The van der Waals surface area contributed by atoms with Crippen LogP contribution in [0.2, 0.25) is 0 Å². The highest BCUT2D eigenvalue weighted by atomic mass is 16.7. The van der Waals surface area contributed by atoms with Crippen molar-refractivity contribution in [1.29, 1.82) is 0 Å². The highest BCUT2D eigenvalue weighted by Crippen LogP contribution is 2.23. The lowest BCUT2D eigenvalue weighted by molar-refractivity contribution is -0.300. The number of unbranched alkanes of at least 4 members (excludes halogenated alkanes) is 2. The van der Waals surface area contributed by atoms with Gasteiger partial charge >= 0.3 is 11.9 Å². The molecule has 0 spiro atoms. The average Bonchev–Trinajstić information content (AvgIpc) is 3.90. The lowest BCUT2D eigenvalue weighted by Crippen LogP contribution is -2.59. The van der Waals surface area contributed by atoms with Crippen LogP contribution in [0, 0.1) is 0 Å². The van der Waals surface area contributed by atoms with E-state index in [9.17, 15) is 88.8 Å². The number of nitrogens with one attached hydrogen (secondary N) is 4. The van der Waals surface area contributed by atoms with Crippen LogP contribution in [0.3, 0.4) is 0 Å². The number of carbonyl (C=O) groups is 10. The van der Waals surface area contributed by atoms with Crippen LogP contribution in [-0.2, 0) is 86.0 Å². The standard InChI is InChI=1S/C45H71N7O26/c53-21-26-38(65)40(67)42(69)44(75-26)73-16-12-47-30(57)19-50(20-31(58)48-13-17-74-45-43(70)41(68)39(66)27(22-54)76-45)18-29(56)46-11-3-1-2-4-28(55)49-25(23-71-14-9-36(63)77-51-32(59)5-6-33(51)60)24-72-15-10-37(64)78-52-34(61)7-8-35(52)62/h25-27,38-45,53-54,65-70H,1-24H2,(H,46,56)(H,47,57)(H,48,58)(H,49,55)/t26-,27-,38-,39-,40+,41+,42-,43-,44-,45-/m1/s1. The molecule has 10 atom stereocenters. The third-order valence-electron chi connectivity index (χ3n) is 11.9. The number of ether oxygens (including phenoxy) is 6. The lowest BCUT2D eigenvalue weighted by Gasteiger charge is -2.39. The van der Waals surface area contributed by atoms with Gasteiger partial charge in [-0.25, -0.2) is 9.59 Å². The summed E-state index contributed by atoms with van der Waals surface area (Å²) in [7, 11) is 0. The molecular formula is C45H71N7O26. The molecule has 4 aliphatic heterocycles. The number of amides is 8. The Balaban J connectivity index is 1.21. The molecule has 0 unspecified atom stereocenters. The molecule has 33 nitrogen and oxygen atoms in total. The maximum Gasteiger partial charge on any atom is 0.335 e. The van der Waals surface area contributed by atoms with Crippen molar-refractivity contribution < 1.29 is 127 Å². The molecule has 78 heavy (non-hydrogen) atoms. The van der Waals surface area contributed by atoms with E-state index in [1.165, 1.54) is 4.90 Å². The molecule has 0 aliphatic carbocycles. The number of hydrogen-bond acceptors (Lipinski definition) is 27. The first-order valence-electron chi connectivity index (χ1n) is 25.2. The van der Waals surface area contributed by atoms with E-state index in [0.29, 0.717) is 29.4 Å². The number of hydrogen-bond donors (Lipinski definition) is 12. The Morgan fingerprint density at radius 2 is 0.910 bits per heavy atom. The fourth-order valence-corrected chi connectivity index (χ4v) is 7.71. The van der Waals surface area contributed by atoms with Crippen LogP contribution in [0.1, 0.15) is 64.2 Å². The predicted octanol–water partition coefficient (Wildman–Crippen LogP) is -8.66. The minimum Gasteiger partial charge on any atom is -0.394 e. The number of aliphatic hydroxyl groups is 8. The van der Waals surface area contributed by atoms with E-state index < -0.39 is 159 Å². The second-order valence-electron chi connectivity index (χ2n) is 18.1. The Morgan fingerprint density at radius 3 is 1.31 bits per heavy atom. The Bertz CT molecular complexity index is 1870. The first-order chi connectivity index (χ1) is 37.2. The van der Waals surface area contributed by atoms with Crippen LogP contribution in [0.25, 0.3) is 0 Å². The molecule has 0 aromatic rings. The van der Waals surface area contributed by atoms with Gasteiger partial charge in [0.1, 0.15) is 48.8 Å². The lowest BCUT2D eigenvalue weighted by atomic mass is 9.99. The highest BCUT2D eigenvalue weighted by molar-refractivity contribution is 6.02. The molecule has 4 saturated heterocycles. The SMILES string of the molecule is O=C(CN(CC(=O)NCCO[C@@H]1O[C@H](CO)[C@@H](O)[C@H](O)[C@H]1O)CC(=O)NCCO[C@@H]1O[C@H](CO)[C@@H](O)[C@H](O)[C@H]1O)NCCCCCC(=O)NC(COCCC(=O)ON1C(=O)CCC1=O)COCCC(=O)ON1C(=O)CCC1=O. The van der Waals surface area contributed by atoms with Crippen LogP contribution in [-0.4, -0.2) is 275 Å². The highest BCUT2D eigenvalue weighted by Gasteiger charge is 2.45. The topological polar surface area (TPSA) is 464 Å². The van der Waals surface area contributed by atoms with E-state index in [0.717, 1.165) is 0 Å². The summed E-state index contributed by atoms with van der Waals surface area (Å²) >= 11 is 0. The normalized spacial score (nSPS) is 25.4. The van der Waals surface area contributed by atoms with Crippen molar-refractivity contribution in [1.82, 2.24) is 36.3 Å². The van der Waals surface area contributed by atoms with Gasteiger partial charge in [0.25, 0.3) is 23.6 Å². The number of carbonyl (C=O) groups excluding carboxylic acids is 10. The number of aliphatic hydroxyl groups excluding tert-OH is 8. The zero-order valence-electron chi connectivity index (χ0n) is 42.6. The Morgan fingerprint density at radius 1 is 0.513 bits per heavy atom. The molecule has 4 rings (SSSR count). The van der Waals surface area contributed by atoms with Crippen molar-refractivity contribution in [3.8, 4) is 0 Å². The van der Waals surface area contributed by atoms with E-state index in [1.54, 1.807) is 0 Å². The largest absolute Gasteiger partial charge is 0.394 e. The van der Waals surface area contributed by atoms with Gasteiger partial charge in [0, 0.05) is 51.7 Å². The van der Waals surface area contributed by atoms with Crippen molar-refractivity contribution in [2.24, 2.45) is 0 Å². The smallest absolute Gasteiger partial charge is 0.335 e. The summed E-state index contributed by atoms with van der Waals surface area (Å²) in [4.78, 5) is 134. The van der Waals surface area contributed by atoms with E-state index in [-0.39, 0.29) is 104 Å². The van der Waals surface area contributed by atoms with E-state index >= 15 is 0 Å². The summed E-state index contributed by atoms with van der Waals surface area (Å²) in [5.74, 6) is -6.87. The molecule has 0 bridgehead atoms. The van der Waals surface area contributed by atoms with Crippen molar-refractivity contribution in [2.75, 3.05) is 92.1 Å². The minimum absolute atomic E-state index is 0.00198. The maximum atomic E-state index is 13.1. The van der Waals surface area contributed by atoms with Crippen LogP contribution < -0.4 is 21.3 Å². The third-order valence-corrected chi connectivity index (χ3v) is 11.9. The van der Waals surface area contributed by atoms with Crippen molar-refractivity contribution >= 4 is 59.2 Å². The summed E-state index contributed by atoms with van der Waals surface area (Å²) in [5, 5.41) is 90.3. The van der Waals surface area contributed by atoms with E-state index in [1.807, 2.05) is 0 Å². The monoisotopic (exact) mass is 1130 g/mol. The Kier molecular flexibility index (Phi) is 28.2. The van der Waals surface area contributed by atoms with Gasteiger partial charge in [-0.15, -0.1) is 10.1 Å². The molecule has 0 saturated carbocycles. The fourth-order valence-electron chi connectivity index (χ4n) is 7.71. The number of nitrogens with zero attached hydrogens (tertiary/aromatic N) is 3. The average molecular weight is 1130 g/mol. The zero-order valence-corrected chi connectivity index (χ0v) is 42.6. The minimum atomic E-state index is -1.69. The van der Waals surface area contributed by atoms with Crippen molar-refractivity contribution in [3.63, 3.8) is 0 Å². The van der Waals surface area contributed by atoms with Gasteiger partial charge in [0.15, 0.2) is 12.6 Å². The molecule has 4 heterocycles. The number of hydroxylamine groups is 4. The molecule has 8 amide bonds. The number of imide groups is 2.